The first-order chi connectivity index (χ1) is 7.59. The van der Waals surface area contributed by atoms with Crippen molar-refractivity contribution in [2.24, 2.45) is 0 Å². The van der Waals surface area contributed by atoms with E-state index in [2.05, 4.69) is 31.5 Å². The Morgan fingerprint density at radius 2 is 2.25 bits per heavy atom. The quantitative estimate of drug-likeness (QED) is 0.801. The zero-order valence-corrected chi connectivity index (χ0v) is 10.6. The van der Waals surface area contributed by atoms with E-state index in [0.29, 0.717) is 5.82 Å². The van der Waals surface area contributed by atoms with Gasteiger partial charge in [0, 0.05) is 4.47 Å². The second-order valence-electron chi connectivity index (χ2n) is 3.16. The molecule has 0 aliphatic heterocycles. The van der Waals surface area contributed by atoms with E-state index in [4.69, 9.17) is 11.6 Å². The van der Waals surface area contributed by atoms with Crippen LogP contribution in [0.1, 0.15) is 18.1 Å². The van der Waals surface area contributed by atoms with Crippen LogP contribution in [0, 0.1) is 5.82 Å². The van der Waals surface area contributed by atoms with E-state index in [1.54, 1.807) is 19.1 Å². The predicted octanol–water partition coefficient (Wildman–Crippen LogP) is 2.86. The fourth-order valence-electron chi connectivity index (χ4n) is 1.26. The molecule has 1 unspecified atom stereocenters. The van der Waals surface area contributed by atoms with Gasteiger partial charge in [0.05, 0.1) is 5.38 Å². The number of hydrogen-bond donors (Lipinski definition) is 0. The van der Waals surface area contributed by atoms with Gasteiger partial charge in [-0.1, -0.05) is 15.9 Å². The molecule has 2 aromatic rings. The van der Waals surface area contributed by atoms with Crippen LogP contribution in [0.4, 0.5) is 4.39 Å². The van der Waals surface area contributed by atoms with E-state index < -0.39 is 11.2 Å². The molecule has 1 atom stereocenters. The van der Waals surface area contributed by atoms with Crippen LogP contribution in [0.3, 0.4) is 0 Å². The molecular formula is C9H7BrClFN4. The second-order valence-corrected chi connectivity index (χ2v) is 4.73. The third kappa shape index (κ3) is 2.08. The minimum atomic E-state index is -0.408. The summed E-state index contributed by atoms with van der Waals surface area (Å²) in [4.78, 5) is 0. The van der Waals surface area contributed by atoms with Crippen LogP contribution in [-0.4, -0.2) is 20.2 Å². The van der Waals surface area contributed by atoms with Gasteiger partial charge >= 0.3 is 0 Å². The number of nitrogens with zero attached hydrogens (tertiary/aromatic N) is 4. The molecular weight excluding hydrogens is 298 g/mol. The van der Waals surface area contributed by atoms with E-state index in [-0.39, 0.29) is 5.69 Å². The van der Waals surface area contributed by atoms with Crippen LogP contribution >= 0.6 is 27.5 Å². The summed E-state index contributed by atoms with van der Waals surface area (Å²) in [7, 11) is 0. The van der Waals surface area contributed by atoms with Crippen LogP contribution < -0.4 is 0 Å². The molecule has 7 heteroatoms. The summed E-state index contributed by atoms with van der Waals surface area (Å²) in [5.74, 6) is -0.00673. The van der Waals surface area contributed by atoms with Crippen molar-refractivity contribution < 1.29 is 4.39 Å². The van der Waals surface area contributed by atoms with E-state index in [9.17, 15) is 4.39 Å². The first kappa shape index (κ1) is 11.5. The number of tetrazole rings is 1. The molecule has 2 rings (SSSR count). The maximum Gasteiger partial charge on any atom is 0.174 e. The largest absolute Gasteiger partial charge is 0.205 e. The lowest BCUT2D eigenvalue weighted by Crippen LogP contribution is -2.06. The van der Waals surface area contributed by atoms with Crippen molar-refractivity contribution in [2.75, 3.05) is 0 Å². The van der Waals surface area contributed by atoms with Crippen molar-refractivity contribution in [1.82, 2.24) is 20.2 Å². The minimum Gasteiger partial charge on any atom is -0.205 e. The van der Waals surface area contributed by atoms with Crippen molar-refractivity contribution in [1.29, 1.82) is 0 Å². The Kier molecular flexibility index (Phi) is 3.20. The SMILES string of the molecule is CC(Cl)c1nnnn1-c1cc(Br)ccc1F. The zero-order valence-electron chi connectivity index (χ0n) is 8.23. The fourth-order valence-corrected chi connectivity index (χ4v) is 1.75. The maximum atomic E-state index is 13.6. The molecule has 0 bridgehead atoms. The van der Waals surface area contributed by atoms with Gasteiger partial charge in [-0.15, -0.1) is 16.7 Å². The van der Waals surface area contributed by atoms with Crippen LogP contribution in [-0.2, 0) is 0 Å². The molecule has 0 radical (unpaired) electrons. The van der Waals surface area contributed by atoms with Gasteiger partial charge in [-0.3, -0.25) is 0 Å². The lowest BCUT2D eigenvalue weighted by atomic mass is 10.3. The van der Waals surface area contributed by atoms with Crippen molar-refractivity contribution in [3.05, 3.63) is 34.3 Å². The highest BCUT2D eigenvalue weighted by molar-refractivity contribution is 9.10. The maximum absolute atomic E-state index is 13.6. The average molecular weight is 306 g/mol. The fraction of sp³-hybridized carbons (Fsp3) is 0.222. The number of rotatable bonds is 2. The summed E-state index contributed by atoms with van der Waals surface area (Å²) < 4.78 is 15.6. The van der Waals surface area contributed by atoms with Gasteiger partial charge in [-0.2, -0.15) is 4.68 Å². The Bertz CT molecular complexity index is 514. The van der Waals surface area contributed by atoms with E-state index in [1.807, 2.05) is 0 Å². The molecule has 0 saturated carbocycles. The zero-order chi connectivity index (χ0) is 11.7. The molecule has 0 aliphatic carbocycles. The minimum absolute atomic E-state index is 0.266. The molecule has 4 nitrogen and oxygen atoms in total. The van der Waals surface area contributed by atoms with Gasteiger partial charge in [0.25, 0.3) is 0 Å². The summed E-state index contributed by atoms with van der Waals surface area (Å²) in [6.07, 6.45) is 0. The molecule has 0 aliphatic rings. The van der Waals surface area contributed by atoms with Gasteiger partial charge in [0.2, 0.25) is 0 Å². The first-order valence-electron chi connectivity index (χ1n) is 4.47. The van der Waals surface area contributed by atoms with E-state index >= 15 is 0 Å². The summed E-state index contributed by atoms with van der Waals surface area (Å²) >= 11 is 9.16. The van der Waals surface area contributed by atoms with Crippen LogP contribution in [0.15, 0.2) is 22.7 Å². The molecule has 1 aromatic carbocycles. The molecule has 0 saturated heterocycles. The summed E-state index contributed by atoms with van der Waals surface area (Å²) in [5.41, 5.74) is 0.266. The van der Waals surface area contributed by atoms with Crippen molar-refractivity contribution >= 4 is 27.5 Å². The molecule has 0 N–H and O–H groups in total. The Balaban J connectivity index is 2.58. The normalized spacial score (nSPS) is 12.8. The molecule has 0 spiro atoms. The first-order valence-corrected chi connectivity index (χ1v) is 5.70. The molecule has 0 amide bonds. The Morgan fingerprint density at radius 3 is 2.94 bits per heavy atom. The van der Waals surface area contributed by atoms with Crippen molar-refractivity contribution in [3.8, 4) is 5.69 Å². The van der Waals surface area contributed by atoms with E-state index in [1.165, 1.54) is 10.7 Å². The number of alkyl halides is 1. The average Bonchev–Trinajstić information content (AvgIpc) is 2.70. The molecule has 16 heavy (non-hydrogen) atoms. The Hall–Kier alpha value is -1.01. The topological polar surface area (TPSA) is 43.6 Å². The van der Waals surface area contributed by atoms with Crippen molar-refractivity contribution in [3.63, 3.8) is 0 Å². The highest BCUT2D eigenvalue weighted by atomic mass is 79.9. The Labute approximate surface area is 105 Å². The van der Waals surface area contributed by atoms with Crippen LogP contribution in [0.25, 0.3) is 5.69 Å². The van der Waals surface area contributed by atoms with Crippen LogP contribution in [0.2, 0.25) is 0 Å². The number of hydrogen-bond acceptors (Lipinski definition) is 3. The summed E-state index contributed by atoms with van der Waals surface area (Å²) in [6, 6.07) is 4.53. The highest BCUT2D eigenvalue weighted by Gasteiger charge is 2.16. The number of benzene rings is 1. The molecule has 0 fully saturated rings. The molecule has 1 aromatic heterocycles. The molecule has 84 valence electrons. The van der Waals surface area contributed by atoms with E-state index in [0.717, 1.165) is 4.47 Å². The molecule has 1 heterocycles. The predicted molar refractivity (Wildman–Crippen MR) is 61.1 cm³/mol. The van der Waals surface area contributed by atoms with Gasteiger partial charge in [-0.05, 0) is 35.5 Å². The second kappa shape index (κ2) is 4.47. The van der Waals surface area contributed by atoms with Gasteiger partial charge in [-0.25, -0.2) is 4.39 Å². The summed E-state index contributed by atoms with van der Waals surface area (Å²) in [6.45, 7) is 1.72. The van der Waals surface area contributed by atoms with Crippen LogP contribution in [0.5, 0.6) is 0 Å². The Morgan fingerprint density at radius 1 is 1.50 bits per heavy atom. The van der Waals surface area contributed by atoms with Gasteiger partial charge in [0.1, 0.15) is 11.5 Å². The lowest BCUT2D eigenvalue weighted by Gasteiger charge is -2.06. The number of aromatic nitrogens is 4. The van der Waals surface area contributed by atoms with Crippen molar-refractivity contribution in [2.45, 2.75) is 12.3 Å². The number of halogens is 3. The smallest absolute Gasteiger partial charge is 0.174 e. The van der Waals surface area contributed by atoms with Gasteiger partial charge < -0.3 is 0 Å². The standard InChI is InChI=1S/C9H7BrClFN4/c1-5(11)9-13-14-15-16(9)8-4-6(10)2-3-7(8)12/h2-5H,1H3. The highest BCUT2D eigenvalue weighted by Crippen LogP contribution is 2.23. The third-order valence-corrected chi connectivity index (χ3v) is 2.67. The summed E-state index contributed by atoms with van der Waals surface area (Å²) in [5, 5.41) is 10.6. The lowest BCUT2D eigenvalue weighted by molar-refractivity contribution is 0.602. The monoisotopic (exact) mass is 304 g/mol. The third-order valence-electron chi connectivity index (χ3n) is 1.99. The van der Waals surface area contributed by atoms with Gasteiger partial charge in [0.15, 0.2) is 5.82 Å².